The van der Waals surface area contributed by atoms with E-state index in [9.17, 15) is 9.59 Å². The van der Waals surface area contributed by atoms with E-state index in [1.807, 2.05) is 60.7 Å². The fraction of sp³-hybridized carbons (Fsp3) is 0.462. The number of ether oxygens (including phenoxy) is 1. The van der Waals surface area contributed by atoms with E-state index in [0.717, 1.165) is 30.3 Å². The molecule has 0 aliphatic heterocycles. The van der Waals surface area contributed by atoms with Gasteiger partial charge in [0.25, 0.3) is 0 Å². The number of aliphatic imine (C=N–C) groups is 2. The minimum absolute atomic E-state index is 0.0852. The van der Waals surface area contributed by atoms with E-state index in [4.69, 9.17) is 4.74 Å². The van der Waals surface area contributed by atoms with Gasteiger partial charge in [-0.25, -0.2) is 19.6 Å². The molecule has 2 aromatic carbocycles. The molecule has 2 unspecified atom stereocenters. The molecule has 2 fully saturated rings. The molecule has 0 amide bonds. The van der Waals surface area contributed by atoms with Gasteiger partial charge in [0.2, 0.25) is 12.2 Å². The summed E-state index contributed by atoms with van der Waals surface area (Å²) in [7, 11) is 0. The largest absolute Gasteiger partial charge is 0.457 e. The molecule has 5 nitrogen and oxygen atoms in total. The van der Waals surface area contributed by atoms with Gasteiger partial charge in [-0.2, -0.15) is 0 Å². The molecule has 0 bridgehead atoms. The van der Waals surface area contributed by atoms with Crippen molar-refractivity contribution in [3.05, 3.63) is 60.7 Å². The Labute approximate surface area is 184 Å². The smallest absolute Gasteiger partial charge is 0.234 e. The number of carbonyl (C=O) groups excluding carboxylic acids is 2. The highest BCUT2D eigenvalue weighted by Crippen LogP contribution is 2.51. The summed E-state index contributed by atoms with van der Waals surface area (Å²) < 4.78 is 5.58. The van der Waals surface area contributed by atoms with Crippen LogP contribution < -0.4 is 4.74 Å². The fourth-order valence-electron chi connectivity index (χ4n) is 5.20. The minimum Gasteiger partial charge on any atom is -0.457 e. The van der Waals surface area contributed by atoms with Crippen LogP contribution >= 0.6 is 0 Å². The Balaban J connectivity index is 0.000000185. The summed E-state index contributed by atoms with van der Waals surface area (Å²) >= 11 is 0. The van der Waals surface area contributed by atoms with Crippen LogP contribution in [0.2, 0.25) is 0 Å². The van der Waals surface area contributed by atoms with Crippen molar-refractivity contribution in [1.29, 1.82) is 0 Å². The zero-order valence-electron chi connectivity index (χ0n) is 17.9. The number of para-hydroxylation sites is 2. The number of nitrogens with zero attached hydrogens (tertiary/aromatic N) is 2. The monoisotopic (exact) mass is 418 g/mol. The first kappa shape index (κ1) is 22.7. The van der Waals surface area contributed by atoms with Crippen LogP contribution in [0.25, 0.3) is 0 Å². The molecule has 31 heavy (non-hydrogen) atoms. The van der Waals surface area contributed by atoms with Gasteiger partial charge in [0.15, 0.2) is 0 Å². The zero-order chi connectivity index (χ0) is 21.8. The molecule has 2 aliphatic carbocycles. The van der Waals surface area contributed by atoms with Crippen molar-refractivity contribution < 1.29 is 14.3 Å². The standard InChI is InChI=1S/C14H20N2O2.C12H10O/c17-10-15-8-14(9-16-11-18)7-3-5-12-4-1-2-6-13(12)14;1-3-7-11(8-4-1)13-12-9-5-2-6-10-12/h12-13H,1-9H2;1-10H. The third-order valence-electron chi connectivity index (χ3n) is 6.58. The fourth-order valence-corrected chi connectivity index (χ4v) is 5.20. The van der Waals surface area contributed by atoms with Crippen LogP contribution in [0.3, 0.4) is 0 Å². The van der Waals surface area contributed by atoms with E-state index < -0.39 is 0 Å². The predicted octanol–water partition coefficient (Wildman–Crippen LogP) is 6.11. The van der Waals surface area contributed by atoms with Crippen molar-refractivity contribution in [1.82, 2.24) is 0 Å². The van der Waals surface area contributed by atoms with Gasteiger partial charge >= 0.3 is 0 Å². The van der Waals surface area contributed by atoms with Crippen LogP contribution in [0.4, 0.5) is 0 Å². The summed E-state index contributed by atoms with van der Waals surface area (Å²) in [5.74, 6) is 3.04. The van der Waals surface area contributed by atoms with Crippen LogP contribution in [-0.4, -0.2) is 25.2 Å². The first-order valence-electron chi connectivity index (χ1n) is 11.1. The van der Waals surface area contributed by atoms with Crippen molar-refractivity contribution in [2.24, 2.45) is 27.2 Å². The Morgan fingerprint density at radius 1 is 0.774 bits per heavy atom. The first-order valence-corrected chi connectivity index (χ1v) is 11.1. The van der Waals surface area contributed by atoms with Gasteiger partial charge in [-0.05, 0) is 48.9 Å². The van der Waals surface area contributed by atoms with Crippen molar-refractivity contribution in [2.75, 3.05) is 13.1 Å². The van der Waals surface area contributed by atoms with Gasteiger partial charge in [0.05, 0.1) is 13.1 Å². The molecule has 0 radical (unpaired) electrons. The number of benzene rings is 2. The SMILES string of the molecule is O=C=NCC1(CN=C=O)CCCC2CCCCC21.c1ccc(Oc2ccccc2)cc1. The molecule has 2 atom stereocenters. The maximum Gasteiger partial charge on any atom is 0.234 e. The molecule has 2 aromatic rings. The van der Waals surface area contributed by atoms with Crippen LogP contribution in [-0.2, 0) is 9.59 Å². The minimum atomic E-state index is -0.0852. The van der Waals surface area contributed by atoms with E-state index in [0.29, 0.717) is 19.0 Å². The second kappa shape index (κ2) is 12.0. The first-order chi connectivity index (χ1) is 15.3. The lowest BCUT2D eigenvalue weighted by Gasteiger charge is -2.48. The highest BCUT2D eigenvalue weighted by atomic mass is 16.5. The summed E-state index contributed by atoms with van der Waals surface area (Å²) in [5, 5.41) is 0. The highest BCUT2D eigenvalue weighted by Gasteiger charge is 2.46. The second-order valence-corrected chi connectivity index (χ2v) is 8.45. The molecular formula is C26H30N2O3. The van der Waals surface area contributed by atoms with Gasteiger partial charge in [-0.3, -0.25) is 0 Å². The Morgan fingerprint density at radius 2 is 1.29 bits per heavy atom. The predicted molar refractivity (Wildman–Crippen MR) is 121 cm³/mol. The van der Waals surface area contributed by atoms with E-state index in [2.05, 4.69) is 9.98 Å². The maximum absolute atomic E-state index is 10.4. The topological polar surface area (TPSA) is 68.1 Å². The second-order valence-electron chi connectivity index (χ2n) is 8.45. The summed E-state index contributed by atoms with van der Waals surface area (Å²) in [4.78, 5) is 28.5. The molecular weight excluding hydrogens is 388 g/mol. The van der Waals surface area contributed by atoms with Crippen molar-refractivity contribution in [2.45, 2.75) is 44.9 Å². The van der Waals surface area contributed by atoms with Gasteiger partial charge in [-0.15, -0.1) is 0 Å². The van der Waals surface area contributed by atoms with Gasteiger partial charge in [0.1, 0.15) is 11.5 Å². The number of isocyanates is 2. The van der Waals surface area contributed by atoms with Gasteiger partial charge < -0.3 is 4.74 Å². The Bertz CT molecular complexity index is 828. The molecule has 0 spiro atoms. The lowest BCUT2D eigenvalue weighted by atomic mass is 9.57. The molecule has 0 aromatic heterocycles. The Hall–Kier alpha value is -3.00. The van der Waals surface area contributed by atoms with Gasteiger partial charge in [-0.1, -0.05) is 68.5 Å². The lowest BCUT2D eigenvalue weighted by molar-refractivity contribution is 0.0255. The van der Waals surface area contributed by atoms with E-state index in [1.165, 1.54) is 32.1 Å². The van der Waals surface area contributed by atoms with Gasteiger partial charge in [0, 0.05) is 5.41 Å². The summed E-state index contributed by atoms with van der Waals surface area (Å²) in [5.41, 5.74) is -0.0852. The number of fused-ring (bicyclic) bond motifs is 1. The summed E-state index contributed by atoms with van der Waals surface area (Å²) in [6.45, 7) is 0.950. The summed E-state index contributed by atoms with van der Waals surface area (Å²) in [6, 6.07) is 19.5. The zero-order valence-corrected chi connectivity index (χ0v) is 17.9. The van der Waals surface area contributed by atoms with Crippen molar-refractivity contribution in [3.8, 4) is 11.5 Å². The molecule has 0 N–H and O–H groups in total. The molecule has 0 saturated heterocycles. The average molecular weight is 419 g/mol. The van der Waals surface area contributed by atoms with Crippen LogP contribution in [0, 0.1) is 17.3 Å². The molecule has 4 rings (SSSR count). The number of hydrogen-bond donors (Lipinski definition) is 0. The Kier molecular flexibility index (Phi) is 8.78. The molecule has 2 saturated carbocycles. The quantitative estimate of drug-likeness (QED) is 0.419. The average Bonchev–Trinajstić information content (AvgIpc) is 2.83. The molecule has 162 valence electrons. The number of hydrogen-bond acceptors (Lipinski definition) is 5. The van der Waals surface area contributed by atoms with E-state index in [1.54, 1.807) is 12.2 Å². The molecule has 2 aliphatic rings. The van der Waals surface area contributed by atoms with Crippen LogP contribution in [0.5, 0.6) is 11.5 Å². The normalized spacial score (nSPS) is 24.3. The third-order valence-corrected chi connectivity index (χ3v) is 6.58. The third kappa shape index (κ3) is 6.49. The molecule has 5 heteroatoms. The van der Waals surface area contributed by atoms with E-state index >= 15 is 0 Å². The maximum atomic E-state index is 10.4. The lowest BCUT2D eigenvalue weighted by Crippen LogP contribution is -2.45. The van der Waals surface area contributed by atoms with Crippen molar-refractivity contribution >= 4 is 12.2 Å². The molecule has 0 heterocycles. The van der Waals surface area contributed by atoms with Crippen molar-refractivity contribution in [3.63, 3.8) is 0 Å². The van der Waals surface area contributed by atoms with Crippen LogP contribution in [0.15, 0.2) is 70.6 Å². The number of rotatable bonds is 6. The Morgan fingerprint density at radius 3 is 1.84 bits per heavy atom. The highest BCUT2D eigenvalue weighted by molar-refractivity contribution is 5.34. The van der Waals surface area contributed by atoms with E-state index in [-0.39, 0.29) is 5.41 Å². The summed E-state index contributed by atoms with van der Waals surface area (Å²) in [6.07, 6.45) is 11.8. The van der Waals surface area contributed by atoms with Crippen LogP contribution in [0.1, 0.15) is 44.9 Å².